The normalized spacial score (nSPS) is 23.2. The quantitative estimate of drug-likeness (QED) is 0.719. The summed E-state index contributed by atoms with van der Waals surface area (Å²) in [5.74, 6) is 1.03. The Kier molecular flexibility index (Phi) is 2.38. The van der Waals surface area contributed by atoms with Crippen LogP contribution in [0.1, 0.15) is 24.7 Å². The average Bonchev–Trinajstić information content (AvgIpc) is 3.02. The highest BCUT2D eigenvalue weighted by Crippen LogP contribution is 2.34. The van der Waals surface area contributed by atoms with Gasteiger partial charge in [-0.25, -0.2) is 4.68 Å². The Morgan fingerprint density at radius 3 is 2.80 bits per heavy atom. The topological polar surface area (TPSA) is 58.9 Å². The molecule has 0 bridgehead atoms. The molecule has 6 nitrogen and oxygen atoms in total. The molecule has 1 saturated carbocycles. The maximum absolute atomic E-state index is 4.11. The van der Waals surface area contributed by atoms with E-state index in [-0.39, 0.29) is 0 Å². The number of tetrazole rings is 1. The second kappa shape index (κ2) is 3.86. The molecule has 1 aromatic rings. The minimum atomic E-state index is 0.581. The molecule has 1 aliphatic heterocycles. The molecule has 82 valence electrons. The van der Waals surface area contributed by atoms with Crippen LogP contribution in [-0.4, -0.2) is 51.3 Å². The van der Waals surface area contributed by atoms with E-state index in [2.05, 4.69) is 25.7 Å². The van der Waals surface area contributed by atoms with Gasteiger partial charge in [0.1, 0.15) is 0 Å². The first-order valence-corrected chi connectivity index (χ1v) is 5.63. The highest BCUT2D eigenvalue weighted by molar-refractivity contribution is 4.90. The predicted molar refractivity (Wildman–Crippen MR) is 54.2 cm³/mol. The van der Waals surface area contributed by atoms with Crippen LogP contribution in [0.15, 0.2) is 0 Å². The summed E-state index contributed by atoms with van der Waals surface area (Å²) in [6.45, 7) is 5.23. The summed E-state index contributed by atoms with van der Waals surface area (Å²) < 4.78 is 2.00. The van der Waals surface area contributed by atoms with Crippen molar-refractivity contribution in [3.05, 3.63) is 5.82 Å². The van der Waals surface area contributed by atoms with Gasteiger partial charge in [-0.15, -0.1) is 5.10 Å². The van der Waals surface area contributed by atoms with Gasteiger partial charge >= 0.3 is 0 Å². The molecule has 2 fully saturated rings. The van der Waals surface area contributed by atoms with E-state index in [1.54, 1.807) is 0 Å². The summed E-state index contributed by atoms with van der Waals surface area (Å²) in [6.07, 6.45) is 2.47. The van der Waals surface area contributed by atoms with E-state index in [1.165, 1.54) is 12.8 Å². The number of nitrogens with one attached hydrogen (secondary N) is 1. The number of hydrogen-bond acceptors (Lipinski definition) is 5. The molecule has 0 radical (unpaired) electrons. The van der Waals surface area contributed by atoms with E-state index < -0.39 is 0 Å². The van der Waals surface area contributed by atoms with Crippen LogP contribution < -0.4 is 5.32 Å². The fourth-order valence-corrected chi connectivity index (χ4v) is 1.99. The molecule has 1 N–H and O–H groups in total. The Balaban J connectivity index is 1.67. The fraction of sp³-hybridized carbons (Fsp3) is 0.889. The van der Waals surface area contributed by atoms with E-state index in [4.69, 9.17) is 0 Å². The minimum absolute atomic E-state index is 0.581. The molecule has 0 aromatic carbocycles. The number of rotatable bonds is 3. The van der Waals surface area contributed by atoms with Crippen LogP contribution in [0.25, 0.3) is 0 Å². The average molecular weight is 208 g/mol. The predicted octanol–water partition coefficient (Wildman–Crippen LogP) is -0.587. The number of hydrogen-bond donors (Lipinski definition) is 1. The minimum Gasteiger partial charge on any atom is -0.314 e. The van der Waals surface area contributed by atoms with Crippen molar-refractivity contribution in [2.75, 3.05) is 26.2 Å². The lowest BCUT2D eigenvalue weighted by molar-refractivity contribution is 0.224. The Morgan fingerprint density at radius 1 is 1.27 bits per heavy atom. The Hall–Kier alpha value is -1.01. The van der Waals surface area contributed by atoms with Crippen LogP contribution in [0.3, 0.4) is 0 Å². The zero-order valence-corrected chi connectivity index (χ0v) is 8.76. The molecule has 0 unspecified atom stereocenters. The van der Waals surface area contributed by atoms with Crippen molar-refractivity contribution in [3.8, 4) is 0 Å². The zero-order chi connectivity index (χ0) is 10.1. The molecule has 0 spiro atoms. The molecule has 3 rings (SSSR count). The number of nitrogens with zero attached hydrogens (tertiary/aromatic N) is 5. The smallest absolute Gasteiger partial charge is 0.165 e. The van der Waals surface area contributed by atoms with Crippen molar-refractivity contribution in [2.24, 2.45) is 0 Å². The van der Waals surface area contributed by atoms with Gasteiger partial charge in [0.25, 0.3) is 0 Å². The van der Waals surface area contributed by atoms with Crippen molar-refractivity contribution in [1.82, 2.24) is 30.4 Å². The zero-order valence-electron chi connectivity index (χ0n) is 8.76. The third kappa shape index (κ3) is 2.00. The molecule has 0 atom stereocenters. The molecular weight excluding hydrogens is 192 g/mol. The molecule has 6 heteroatoms. The molecule has 1 aliphatic carbocycles. The molecule has 1 saturated heterocycles. The van der Waals surface area contributed by atoms with Crippen LogP contribution in [-0.2, 0) is 6.54 Å². The summed E-state index contributed by atoms with van der Waals surface area (Å²) in [5.41, 5.74) is 0. The van der Waals surface area contributed by atoms with Crippen molar-refractivity contribution in [3.63, 3.8) is 0 Å². The van der Waals surface area contributed by atoms with Crippen molar-refractivity contribution >= 4 is 0 Å². The highest BCUT2D eigenvalue weighted by atomic mass is 15.6. The Morgan fingerprint density at radius 2 is 2.07 bits per heavy atom. The van der Waals surface area contributed by atoms with Crippen molar-refractivity contribution in [2.45, 2.75) is 25.4 Å². The monoisotopic (exact) mass is 208 g/mol. The van der Waals surface area contributed by atoms with Gasteiger partial charge in [-0.05, 0) is 23.3 Å². The fourth-order valence-electron chi connectivity index (χ4n) is 1.99. The van der Waals surface area contributed by atoms with E-state index in [9.17, 15) is 0 Å². The van der Waals surface area contributed by atoms with Gasteiger partial charge in [0.15, 0.2) is 5.82 Å². The van der Waals surface area contributed by atoms with Gasteiger partial charge in [0, 0.05) is 26.2 Å². The second-order valence-electron chi connectivity index (χ2n) is 4.30. The third-order valence-electron chi connectivity index (χ3n) is 3.03. The van der Waals surface area contributed by atoms with Gasteiger partial charge in [-0.2, -0.15) is 0 Å². The van der Waals surface area contributed by atoms with Gasteiger partial charge < -0.3 is 5.32 Å². The summed E-state index contributed by atoms with van der Waals surface area (Å²) in [6, 6.07) is 0.581. The Bertz CT molecular complexity index is 325. The SMILES string of the molecule is C1CN(Cc2nnnn2C2CC2)CCN1. The lowest BCUT2D eigenvalue weighted by atomic mass is 10.3. The van der Waals surface area contributed by atoms with Gasteiger partial charge in [0.05, 0.1) is 12.6 Å². The maximum Gasteiger partial charge on any atom is 0.165 e. The summed E-state index contributed by atoms with van der Waals surface area (Å²) in [4.78, 5) is 2.40. The van der Waals surface area contributed by atoms with Crippen molar-refractivity contribution in [1.29, 1.82) is 0 Å². The van der Waals surface area contributed by atoms with Gasteiger partial charge in [-0.1, -0.05) is 0 Å². The van der Waals surface area contributed by atoms with Crippen LogP contribution in [0.5, 0.6) is 0 Å². The largest absolute Gasteiger partial charge is 0.314 e. The lowest BCUT2D eigenvalue weighted by Gasteiger charge is -2.26. The van der Waals surface area contributed by atoms with E-state index in [0.29, 0.717) is 6.04 Å². The number of aromatic nitrogens is 4. The first kappa shape index (κ1) is 9.23. The van der Waals surface area contributed by atoms with Crippen LogP contribution in [0.4, 0.5) is 0 Å². The first-order chi connectivity index (χ1) is 7.43. The summed E-state index contributed by atoms with van der Waals surface area (Å²) in [5, 5.41) is 15.3. The van der Waals surface area contributed by atoms with Gasteiger partial charge in [-0.3, -0.25) is 4.90 Å². The van der Waals surface area contributed by atoms with E-state index in [1.807, 2.05) is 4.68 Å². The highest BCUT2D eigenvalue weighted by Gasteiger charge is 2.28. The molecule has 2 aliphatic rings. The molecule has 15 heavy (non-hydrogen) atoms. The molecular formula is C9H16N6. The van der Waals surface area contributed by atoms with Crippen LogP contribution in [0.2, 0.25) is 0 Å². The second-order valence-corrected chi connectivity index (χ2v) is 4.30. The standard InChI is InChI=1S/C9H16N6/c1-2-8(1)15-9(11-12-13-15)7-14-5-3-10-4-6-14/h8,10H,1-7H2. The Labute approximate surface area is 88.6 Å². The first-order valence-electron chi connectivity index (χ1n) is 5.63. The molecule has 0 amide bonds. The third-order valence-corrected chi connectivity index (χ3v) is 3.03. The molecule has 2 heterocycles. The summed E-state index contributed by atoms with van der Waals surface area (Å²) >= 11 is 0. The lowest BCUT2D eigenvalue weighted by Crippen LogP contribution is -2.43. The van der Waals surface area contributed by atoms with Crippen molar-refractivity contribution < 1.29 is 0 Å². The van der Waals surface area contributed by atoms with Crippen LogP contribution in [0, 0.1) is 0 Å². The van der Waals surface area contributed by atoms with Gasteiger partial charge in [0.2, 0.25) is 0 Å². The summed E-state index contributed by atoms with van der Waals surface area (Å²) in [7, 11) is 0. The maximum atomic E-state index is 4.11. The van der Waals surface area contributed by atoms with E-state index in [0.717, 1.165) is 38.5 Å². The molecule has 1 aromatic heterocycles. The van der Waals surface area contributed by atoms with E-state index >= 15 is 0 Å². The number of piperazine rings is 1. The van der Waals surface area contributed by atoms with Crippen LogP contribution >= 0.6 is 0 Å².